The van der Waals surface area contributed by atoms with Gasteiger partial charge in [-0.05, 0) is 28.4 Å². The minimum atomic E-state index is -0.175. The van der Waals surface area contributed by atoms with E-state index in [1.165, 1.54) is 6.20 Å². The lowest BCUT2D eigenvalue weighted by Crippen LogP contribution is -2.38. The molecule has 94 valence electrons. The number of pyridine rings is 1. The van der Waals surface area contributed by atoms with Crippen LogP contribution < -0.4 is 5.32 Å². The molecule has 6 heteroatoms. The molecular weight excluding hydrogens is 307 g/mol. The largest absolute Gasteiger partial charge is 0.383 e. The fraction of sp³-hybridized carbons (Fsp3) is 0.455. The van der Waals surface area contributed by atoms with Crippen LogP contribution in [0.3, 0.4) is 0 Å². The van der Waals surface area contributed by atoms with Gasteiger partial charge < -0.3 is 10.1 Å². The van der Waals surface area contributed by atoms with E-state index in [0.717, 1.165) is 4.47 Å². The van der Waals surface area contributed by atoms with Gasteiger partial charge in [0.1, 0.15) is 0 Å². The number of hydrogen-bond donors (Lipinski definition) is 1. The summed E-state index contributed by atoms with van der Waals surface area (Å²) in [5.74, 6) is 0.302. The van der Waals surface area contributed by atoms with Crippen molar-refractivity contribution in [2.24, 2.45) is 0 Å². The van der Waals surface area contributed by atoms with Crippen molar-refractivity contribution in [3.8, 4) is 0 Å². The number of ether oxygens (including phenoxy) is 1. The second-order valence-corrected chi connectivity index (χ2v) is 4.79. The molecule has 1 aromatic rings. The summed E-state index contributed by atoms with van der Waals surface area (Å²) in [7, 11) is 1.59. The molecule has 0 fully saturated rings. The first-order valence-corrected chi connectivity index (χ1v) is 6.46. The Bertz CT molecular complexity index is 370. The summed E-state index contributed by atoms with van der Waals surface area (Å²) in [6, 6.07) is 1.64. The lowest BCUT2D eigenvalue weighted by Gasteiger charge is -2.16. The number of nitrogens with zero attached hydrogens (tertiary/aromatic N) is 1. The molecule has 1 heterocycles. The van der Waals surface area contributed by atoms with Gasteiger partial charge in [0, 0.05) is 29.9 Å². The number of carbonyl (C=O) groups is 1. The highest BCUT2D eigenvalue weighted by atomic mass is 79.9. The van der Waals surface area contributed by atoms with Gasteiger partial charge in [-0.25, -0.2) is 0 Å². The highest BCUT2D eigenvalue weighted by Gasteiger charge is 2.13. The smallest absolute Gasteiger partial charge is 0.253 e. The molecule has 1 unspecified atom stereocenters. The third kappa shape index (κ3) is 5.02. The van der Waals surface area contributed by atoms with Crippen molar-refractivity contribution in [2.45, 2.75) is 12.5 Å². The summed E-state index contributed by atoms with van der Waals surface area (Å²) in [6.45, 7) is 0.444. The Balaban J connectivity index is 2.63. The quantitative estimate of drug-likeness (QED) is 0.817. The molecule has 0 aliphatic rings. The lowest BCUT2D eigenvalue weighted by atomic mass is 10.2. The van der Waals surface area contributed by atoms with Crippen LogP contribution in [0.2, 0.25) is 0 Å². The monoisotopic (exact) mass is 320 g/mol. The third-order valence-corrected chi connectivity index (χ3v) is 2.78. The Kier molecular flexibility index (Phi) is 6.47. The van der Waals surface area contributed by atoms with E-state index >= 15 is 0 Å². The predicted octanol–water partition coefficient (Wildman–Crippen LogP) is 2.22. The highest BCUT2D eigenvalue weighted by molar-refractivity contribution is 9.10. The van der Waals surface area contributed by atoms with E-state index < -0.39 is 0 Å². The maximum atomic E-state index is 11.9. The second-order valence-electron chi connectivity index (χ2n) is 3.50. The van der Waals surface area contributed by atoms with Gasteiger partial charge in [0.05, 0.1) is 18.2 Å². The zero-order chi connectivity index (χ0) is 12.7. The Hall–Kier alpha value is -0.650. The van der Waals surface area contributed by atoms with Crippen LogP contribution in [0.1, 0.15) is 16.8 Å². The van der Waals surface area contributed by atoms with Crippen molar-refractivity contribution in [2.75, 3.05) is 19.6 Å². The molecule has 17 heavy (non-hydrogen) atoms. The maximum absolute atomic E-state index is 11.9. The first-order chi connectivity index (χ1) is 8.17. The fourth-order valence-corrected chi connectivity index (χ4v) is 1.96. The van der Waals surface area contributed by atoms with Crippen LogP contribution in [0, 0.1) is 0 Å². The van der Waals surface area contributed by atoms with Gasteiger partial charge in [0.15, 0.2) is 0 Å². The first-order valence-electron chi connectivity index (χ1n) is 5.13. The Morgan fingerprint density at radius 2 is 2.41 bits per heavy atom. The first kappa shape index (κ1) is 14.4. The number of nitrogens with one attached hydrogen (secondary N) is 1. The topological polar surface area (TPSA) is 51.2 Å². The number of amides is 1. The van der Waals surface area contributed by atoms with Crippen LogP contribution in [0.15, 0.2) is 22.9 Å². The average molecular weight is 322 g/mol. The van der Waals surface area contributed by atoms with E-state index in [2.05, 4.69) is 26.2 Å². The molecule has 1 atom stereocenters. The SMILES string of the molecule is COCC(CCCl)NC(=O)c1cncc(Br)c1. The van der Waals surface area contributed by atoms with E-state index in [1.807, 2.05) is 0 Å². The van der Waals surface area contributed by atoms with Gasteiger partial charge in [0.2, 0.25) is 0 Å². The zero-order valence-corrected chi connectivity index (χ0v) is 11.8. The van der Waals surface area contributed by atoms with E-state index in [1.54, 1.807) is 19.4 Å². The molecular formula is C11H14BrClN2O2. The summed E-state index contributed by atoms with van der Waals surface area (Å²) in [4.78, 5) is 15.8. The number of carbonyl (C=O) groups excluding carboxylic acids is 1. The molecule has 0 radical (unpaired) electrons. The highest BCUT2D eigenvalue weighted by Crippen LogP contribution is 2.09. The molecule has 0 aliphatic carbocycles. The summed E-state index contributed by atoms with van der Waals surface area (Å²) in [5.41, 5.74) is 0.509. The molecule has 1 aromatic heterocycles. The standard InChI is InChI=1S/C11H14BrClN2O2/c1-17-7-10(2-3-13)15-11(16)8-4-9(12)6-14-5-8/h4-6,10H,2-3,7H2,1H3,(H,15,16). The van der Waals surface area contributed by atoms with Crippen LogP contribution in [-0.2, 0) is 4.74 Å². The van der Waals surface area contributed by atoms with Gasteiger partial charge in [-0.1, -0.05) is 0 Å². The molecule has 0 aliphatic heterocycles. The predicted molar refractivity (Wildman–Crippen MR) is 70.4 cm³/mol. The Morgan fingerprint density at radius 3 is 3.00 bits per heavy atom. The number of hydrogen-bond acceptors (Lipinski definition) is 3. The van der Waals surface area contributed by atoms with Crippen molar-refractivity contribution in [1.29, 1.82) is 0 Å². The van der Waals surface area contributed by atoms with Crippen LogP contribution in [0.4, 0.5) is 0 Å². The molecule has 4 nitrogen and oxygen atoms in total. The van der Waals surface area contributed by atoms with E-state index in [9.17, 15) is 4.79 Å². The normalized spacial score (nSPS) is 12.2. The fourth-order valence-electron chi connectivity index (χ4n) is 1.33. The maximum Gasteiger partial charge on any atom is 0.253 e. The Labute approximate surface area is 114 Å². The molecule has 0 spiro atoms. The molecule has 0 aromatic carbocycles. The average Bonchev–Trinajstić information content (AvgIpc) is 2.29. The number of rotatable bonds is 6. The van der Waals surface area contributed by atoms with Gasteiger partial charge >= 0.3 is 0 Å². The van der Waals surface area contributed by atoms with Crippen molar-refractivity contribution in [1.82, 2.24) is 10.3 Å². The van der Waals surface area contributed by atoms with Gasteiger partial charge in [-0.3, -0.25) is 9.78 Å². The number of alkyl halides is 1. The van der Waals surface area contributed by atoms with E-state index in [0.29, 0.717) is 24.5 Å². The Morgan fingerprint density at radius 1 is 1.65 bits per heavy atom. The van der Waals surface area contributed by atoms with Crippen molar-refractivity contribution in [3.63, 3.8) is 0 Å². The molecule has 1 rings (SSSR count). The van der Waals surface area contributed by atoms with Crippen molar-refractivity contribution >= 4 is 33.4 Å². The molecule has 1 N–H and O–H groups in total. The lowest BCUT2D eigenvalue weighted by molar-refractivity contribution is 0.0894. The van der Waals surface area contributed by atoms with Gasteiger partial charge in [0.25, 0.3) is 5.91 Å². The summed E-state index contributed by atoms with van der Waals surface area (Å²) in [6.07, 6.45) is 3.81. The van der Waals surface area contributed by atoms with Crippen LogP contribution in [0.25, 0.3) is 0 Å². The summed E-state index contributed by atoms with van der Waals surface area (Å²) in [5, 5.41) is 2.85. The van der Waals surface area contributed by atoms with Gasteiger partial charge in [-0.2, -0.15) is 0 Å². The molecule has 0 saturated carbocycles. The third-order valence-electron chi connectivity index (χ3n) is 2.13. The van der Waals surface area contributed by atoms with Crippen LogP contribution in [0.5, 0.6) is 0 Å². The summed E-state index contributed by atoms with van der Waals surface area (Å²) < 4.78 is 5.79. The van der Waals surface area contributed by atoms with Gasteiger partial charge in [-0.15, -0.1) is 11.6 Å². The molecule has 0 saturated heterocycles. The minimum Gasteiger partial charge on any atom is -0.383 e. The minimum absolute atomic E-state index is 0.0796. The zero-order valence-electron chi connectivity index (χ0n) is 9.45. The van der Waals surface area contributed by atoms with Crippen LogP contribution >= 0.6 is 27.5 Å². The molecule has 1 amide bonds. The second kappa shape index (κ2) is 7.63. The number of halogens is 2. The number of aromatic nitrogens is 1. The van der Waals surface area contributed by atoms with Crippen LogP contribution in [-0.4, -0.2) is 36.5 Å². The van der Waals surface area contributed by atoms with Crippen molar-refractivity contribution in [3.05, 3.63) is 28.5 Å². The van der Waals surface area contributed by atoms with E-state index in [4.69, 9.17) is 16.3 Å². The van der Waals surface area contributed by atoms with E-state index in [-0.39, 0.29) is 11.9 Å². The summed E-state index contributed by atoms with van der Waals surface area (Å²) >= 11 is 8.93. The molecule has 0 bridgehead atoms. The van der Waals surface area contributed by atoms with Crippen molar-refractivity contribution < 1.29 is 9.53 Å². The number of methoxy groups -OCH3 is 1.